The van der Waals surface area contributed by atoms with E-state index < -0.39 is 0 Å². The highest BCUT2D eigenvalue weighted by atomic mass is 35.5. The summed E-state index contributed by atoms with van der Waals surface area (Å²) in [6.45, 7) is 0. The molecule has 1 aliphatic rings. The van der Waals surface area contributed by atoms with E-state index in [2.05, 4.69) is 51.1 Å². The molecular weight excluding hydrogens is 419 g/mol. The molecule has 0 atom stereocenters. The van der Waals surface area contributed by atoms with Gasteiger partial charge in [-0.25, -0.2) is 5.43 Å². The van der Waals surface area contributed by atoms with Crippen molar-refractivity contribution in [3.8, 4) is 11.3 Å². The number of amides is 1. The minimum Gasteiger partial charge on any atom is -0.272 e. The molecule has 5 nitrogen and oxygen atoms in total. The number of H-pyrrole nitrogens is 1. The molecule has 0 saturated heterocycles. The molecule has 0 aliphatic heterocycles. The van der Waals surface area contributed by atoms with E-state index in [0.717, 1.165) is 29.7 Å². The van der Waals surface area contributed by atoms with Crippen molar-refractivity contribution in [2.75, 3.05) is 0 Å². The second-order valence-corrected chi connectivity index (χ2v) is 7.97. The lowest BCUT2D eigenvalue weighted by Gasteiger charge is -2.06. The van der Waals surface area contributed by atoms with Crippen LogP contribution in [0.5, 0.6) is 0 Å². The average Bonchev–Trinajstić information content (AvgIpc) is 3.40. The summed E-state index contributed by atoms with van der Waals surface area (Å²) in [7, 11) is 0. The van der Waals surface area contributed by atoms with Crippen LogP contribution in [0.2, 0.25) is 10.0 Å². The second kappa shape index (κ2) is 7.59. The second-order valence-electron chi connectivity index (χ2n) is 7.15. The number of hydrazone groups is 1. The van der Waals surface area contributed by atoms with Crippen LogP contribution >= 0.6 is 23.2 Å². The van der Waals surface area contributed by atoms with E-state index >= 15 is 0 Å². The zero-order valence-electron chi connectivity index (χ0n) is 15.7. The summed E-state index contributed by atoms with van der Waals surface area (Å²) < 4.78 is 0. The Kier molecular flexibility index (Phi) is 4.77. The number of aromatic amines is 1. The average molecular weight is 435 g/mol. The molecule has 1 aliphatic carbocycles. The summed E-state index contributed by atoms with van der Waals surface area (Å²) >= 11 is 11.9. The first kappa shape index (κ1) is 18.9. The third-order valence-corrected chi connectivity index (χ3v) is 6.04. The van der Waals surface area contributed by atoms with Crippen LogP contribution in [0.25, 0.3) is 22.0 Å². The third kappa shape index (κ3) is 3.36. The zero-order valence-corrected chi connectivity index (χ0v) is 17.3. The van der Waals surface area contributed by atoms with Gasteiger partial charge in [-0.15, -0.1) is 0 Å². The van der Waals surface area contributed by atoms with Gasteiger partial charge < -0.3 is 0 Å². The highest BCUT2D eigenvalue weighted by molar-refractivity contribution is 6.42. The molecule has 7 heteroatoms. The minimum absolute atomic E-state index is 0.333. The maximum atomic E-state index is 12.4. The number of aromatic nitrogens is 2. The molecule has 0 bridgehead atoms. The number of nitrogens with zero attached hydrogens (tertiary/aromatic N) is 2. The SMILES string of the molecule is O=C(NN=Cc1ccc(Cl)c(Cl)c1)c1cc(-c2ccc3c4c(cccc24)CC3)n[nH]1. The number of hydrogen-bond acceptors (Lipinski definition) is 3. The van der Waals surface area contributed by atoms with E-state index in [9.17, 15) is 4.79 Å². The van der Waals surface area contributed by atoms with Crippen molar-refractivity contribution < 1.29 is 4.79 Å². The molecule has 4 aromatic rings. The quantitative estimate of drug-likeness (QED) is 0.333. The van der Waals surface area contributed by atoms with Gasteiger partial charge in [0.05, 0.1) is 22.0 Å². The van der Waals surface area contributed by atoms with Gasteiger partial charge in [-0.1, -0.05) is 59.6 Å². The van der Waals surface area contributed by atoms with Crippen molar-refractivity contribution in [3.63, 3.8) is 0 Å². The molecule has 2 N–H and O–H groups in total. The number of carbonyl (C=O) groups is 1. The lowest BCUT2D eigenvalue weighted by atomic mass is 9.98. The zero-order chi connectivity index (χ0) is 20.7. The van der Waals surface area contributed by atoms with Gasteiger partial charge in [-0.3, -0.25) is 9.89 Å². The molecular formula is C23H16Cl2N4O. The highest BCUT2D eigenvalue weighted by Gasteiger charge is 2.18. The van der Waals surface area contributed by atoms with Crippen molar-refractivity contribution in [3.05, 3.63) is 87.0 Å². The summed E-state index contributed by atoms with van der Waals surface area (Å²) in [4.78, 5) is 12.4. The lowest BCUT2D eigenvalue weighted by molar-refractivity contribution is 0.0950. The summed E-state index contributed by atoms with van der Waals surface area (Å²) in [5.74, 6) is -0.379. The van der Waals surface area contributed by atoms with Crippen LogP contribution in [0.3, 0.4) is 0 Å². The predicted molar refractivity (Wildman–Crippen MR) is 120 cm³/mol. The van der Waals surface area contributed by atoms with Crippen LogP contribution in [-0.4, -0.2) is 22.3 Å². The van der Waals surface area contributed by atoms with Crippen LogP contribution in [-0.2, 0) is 12.8 Å². The Hall–Kier alpha value is -3.15. The normalized spacial score (nSPS) is 12.7. The molecule has 148 valence electrons. The molecule has 0 unspecified atom stereocenters. The van der Waals surface area contributed by atoms with Crippen LogP contribution in [0.1, 0.15) is 27.2 Å². The Balaban J connectivity index is 1.37. The van der Waals surface area contributed by atoms with E-state index in [4.69, 9.17) is 23.2 Å². The molecule has 0 fully saturated rings. The van der Waals surface area contributed by atoms with E-state index in [-0.39, 0.29) is 5.91 Å². The maximum absolute atomic E-state index is 12.4. The molecule has 1 aromatic heterocycles. The Morgan fingerprint density at radius 3 is 2.70 bits per heavy atom. The van der Waals surface area contributed by atoms with E-state index in [1.807, 2.05) is 0 Å². The van der Waals surface area contributed by atoms with Gasteiger partial charge >= 0.3 is 0 Å². The summed E-state index contributed by atoms with van der Waals surface area (Å²) in [6.07, 6.45) is 3.64. The molecule has 5 rings (SSSR count). The molecule has 0 radical (unpaired) electrons. The first-order valence-corrected chi connectivity index (χ1v) is 10.2. The van der Waals surface area contributed by atoms with Gasteiger partial charge in [0, 0.05) is 5.56 Å². The van der Waals surface area contributed by atoms with Gasteiger partial charge in [0.2, 0.25) is 0 Å². The number of rotatable bonds is 4. The van der Waals surface area contributed by atoms with Gasteiger partial charge in [0.1, 0.15) is 5.69 Å². The standard InChI is InChI=1S/C23H16Cl2N4O/c24-18-9-4-13(10-19(18)25)12-26-29-23(30)21-11-20(27-28-21)16-8-7-15-6-5-14-2-1-3-17(16)22(14)15/h1-4,7-12H,5-6H2,(H,27,28)(H,29,30). The molecule has 1 heterocycles. The van der Waals surface area contributed by atoms with E-state index in [1.54, 1.807) is 24.3 Å². The largest absolute Gasteiger partial charge is 0.289 e. The van der Waals surface area contributed by atoms with Crippen molar-refractivity contribution in [2.24, 2.45) is 5.10 Å². The fourth-order valence-corrected chi connectivity index (χ4v) is 4.17. The smallest absolute Gasteiger partial charge is 0.272 e. The molecule has 3 aromatic carbocycles. The number of halogens is 2. The fourth-order valence-electron chi connectivity index (χ4n) is 3.86. The number of aryl methyl sites for hydroxylation is 2. The van der Waals surface area contributed by atoms with Crippen LogP contribution in [0.15, 0.2) is 59.7 Å². The monoisotopic (exact) mass is 434 g/mol. The number of benzene rings is 3. The van der Waals surface area contributed by atoms with Crippen molar-refractivity contribution in [1.82, 2.24) is 15.6 Å². The first-order valence-electron chi connectivity index (χ1n) is 9.48. The number of hydrogen-bond donors (Lipinski definition) is 2. The number of carbonyl (C=O) groups excluding carboxylic acids is 1. The topological polar surface area (TPSA) is 70.1 Å². The maximum Gasteiger partial charge on any atom is 0.289 e. The minimum atomic E-state index is -0.379. The van der Waals surface area contributed by atoms with Crippen molar-refractivity contribution in [1.29, 1.82) is 0 Å². The molecule has 1 amide bonds. The van der Waals surface area contributed by atoms with E-state index in [1.165, 1.54) is 28.1 Å². The third-order valence-electron chi connectivity index (χ3n) is 5.30. The Morgan fingerprint density at radius 1 is 1.03 bits per heavy atom. The van der Waals surface area contributed by atoms with E-state index in [0.29, 0.717) is 15.7 Å². The Morgan fingerprint density at radius 2 is 1.87 bits per heavy atom. The fraction of sp³-hybridized carbons (Fsp3) is 0.0870. The van der Waals surface area contributed by atoms with Crippen LogP contribution in [0.4, 0.5) is 0 Å². The molecule has 0 saturated carbocycles. The van der Waals surface area contributed by atoms with Gasteiger partial charge in [-0.05, 0) is 58.5 Å². The highest BCUT2D eigenvalue weighted by Crippen LogP contribution is 2.36. The van der Waals surface area contributed by atoms with Crippen LogP contribution < -0.4 is 5.43 Å². The Bertz CT molecular complexity index is 1320. The Labute approximate surface area is 182 Å². The summed E-state index contributed by atoms with van der Waals surface area (Å²) in [5.41, 5.74) is 8.03. The molecule has 30 heavy (non-hydrogen) atoms. The van der Waals surface area contributed by atoms with Crippen molar-refractivity contribution in [2.45, 2.75) is 12.8 Å². The van der Waals surface area contributed by atoms with Gasteiger partial charge in [-0.2, -0.15) is 10.2 Å². The predicted octanol–water partition coefficient (Wildman–Crippen LogP) is 5.40. The number of nitrogens with one attached hydrogen (secondary N) is 2. The van der Waals surface area contributed by atoms with Gasteiger partial charge in [0.15, 0.2) is 0 Å². The summed E-state index contributed by atoms with van der Waals surface area (Å²) in [6, 6.07) is 17.4. The summed E-state index contributed by atoms with van der Waals surface area (Å²) in [5, 5.41) is 14.5. The van der Waals surface area contributed by atoms with Crippen LogP contribution in [0, 0.1) is 0 Å². The van der Waals surface area contributed by atoms with Gasteiger partial charge in [0.25, 0.3) is 5.91 Å². The lowest BCUT2D eigenvalue weighted by Crippen LogP contribution is -2.18. The van der Waals surface area contributed by atoms with Crippen molar-refractivity contribution >= 4 is 46.1 Å². The molecule has 0 spiro atoms. The first-order chi connectivity index (χ1) is 14.6.